The molecule has 0 unspecified atom stereocenters. The summed E-state index contributed by atoms with van der Waals surface area (Å²) in [4.78, 5) is 38.6. The summed E-state index contributed by atoms with van der Waals surface area (Å²) in [6.07, 6.45) is 4.78. The number of fused-ring (bicyclic) bond motifs is 1. The number of hydrogen-bond acceptors (Lipinski definition) is 7. The number of benzene rings is 1. The lowest BCUT2D eigenvalue weighted by atomic mass is 9.67. The van der Waals surface area contributed by atoms with Crippen LogP contribution in [0.5, 0.6) is 11.5 Å². The van der Waals surface area contributed by atoms with Crippen molar-refractivity contribution in [2.75, 3.05) is 20.3 Å². The van der Waals surface area contributed by atoms with Gasteiger partial charge in [0.2, 0.25) is 11.8 Å². The molecule has 1 aromatic rings. The summed E-state index contributed by atoms with van der Waals surface area (Å²) in [5, 5.41) is 40.6. The van der Waals surface area contributed by atoms with Gasteiger partial charge >= 0.3 is 5.97 Å². The van der Waals surface area contributed by atoms with Gasteiger partial charge in [0.1, 0.15) is 0 Å². The van der Waals surface area contributed by atoms with Crippen molar-refractivity contribution in [2.45, 2.75) is 71.3 Å². The van der Waals surface area contributed by atoms with E-state index in [4.69, 9.17) is 9.84 Å². The van der Waals surface area contributed by atoms with E-state index in [0.717, 1.165) is 16.7 Å². The summed E-state index contributed by atoms with van der Waals surface area (Å²) in [7, 11) is 1.50. The van der Waals surface area contributed by atoms with Crippen molar-refractivity contribution in [3.8, 4) is 11.5 Å². The second-order valence-electron chi connectivity index (χ2n) is 10.7. The van der Waals surface area contributed by atoms with Crippen molar-refractivity contribution in [3.63, 3.8) is 0 Å². The zero-order valence-electron chi connectivity index (χ0n) is 23.4. The number of imide groups is 1. The molecule has 1 aromatic carbocycles. The van der Waals surface area contributed by atoms with Crippen LogP contribution in [0.25, 0.3) is 6.08 Å². The van der Waals surface area contributed by atoms with E-state index in [-0.39, 0.29) is 37.1 Å². The number of carbonyl (C=O) groups is 3. The van der Waals surface area contributed by atoms with Crippen LogP contribution in [0.3, 0.4) is 0 Å². The number of ether oxygens (including phenoxy) is 1. The highest BCUT2D eigenvalue weighted by Crippen LogP contribution is 2.47. The van der Waals surface area contributed by atoms with Gasteiger partial charge in [-0.3, -0.25) is 19.3 Å². The van der Waals surface area contributed by atoms with Gasteiger partial charge in [-0.2, -0.15) is 0 Å². The average molecular weight is 670 g/mol. The third kappa shape index (κ3) is 7.25. The smallest absolute Gasteiger partial charge is 0.303 e. The Morgan fingerprint density at radius 3 is 2.55 bits per heavy atom. The van der Waals surface area contributed by atoms with Crippen molar-refractivity contribution in [2.24, 2.45) is 17.8 Å². The fourth-order valence-electron chi connectivity index (χ4n) is 6.02. The summed E-state index contributed by atoms with van der Waals surface area (Å²) in [5.74, 6) is -2.78. The minimum absolute atomic E-state index is 0.0574. The molecule has 1 aliphatic carbocycles. The molecule has 4 atom stereocenters. The zero-order chi connectivity index (χ0) is 29.6. The van der Waals surface area contributed by atoms with Gasteiger partial charge in [-0.05, 0) is 91.3 Å². The average Bonchev–Trinajstić information content (AvgIpc) is 3.16. The van der Waals surface area contributed by atoms with Gasteiger partial charge < -0.3 is 25.2 Å². The summed E-state index contributed by atoms with van der Waals surface area (Å²) in [6.45, 7) is 3.83. The molecule has 0 spiro atoms. The first kappa shape index (κ1) is 32.1. The number of hydrogen-bond donors (Lipinski definition) is 4. The lowest BCUT2D eigenvalue weighted by Gasteiger charge is -2.36. The summed E-state index contributed by atoms with van der Waals surface area (Å²) in [5.41, 5.74) is 3.49. The van der Waals surface area contributed by atoms with Crippen LogP contribution in [-0.2, 0) is 14.4 Å². The number of aliphatic hydroxyl groups is 2. The van der Waals surface area contributed by atoms with Crippen LogP contribution in [0.1, 0.15) is 70.8 Å². The standard InChI is InChI=1S/C30H40INO8/c1-4-19-15-20-27(30(39)32(29(20)38)11-7-5-6-8-25(35)36)21(16-33)26(19)23(34)10-9-17(2)12-18-13-22(31)28(37)24(14-18)40-3/h12-14,20-21,23,27,33-34,37H,4-11,15-16H2,1-3H3,(H,35,36)/b17-12+/t20-,21+,23-,27-/m1/s1. The summed E-state index contributed by atoms with van der Waals surface area (Å²) in [6, 6.07) is 3.60. The number of aliphatic hydroxyl groups excluding tert-OH is 2. The van der Waals surface area contributed by atoms with E-state index in [2.05, 4.69) is 0 Å². The molecule has 4 N–H and O–H groups in total. The van der Waals surface area contributed by atoms with Gasteiger partial charge in [0.15, 0.2) is 11.5 Å². The Morgan fingerprint density at radius 2 is 1.93 bits per heavy atom. The number of unbranched alkanes of at least 4 members (excludes halogenated alkanes) is 2. The lowest BCUT2D eigenvalue weighted by Crippen LogP contribution is -2.39. The van der Waals surface area contributed by atoms with E-state index in [1.54, 1.807) is 6.07 Å². The summed E-state index contributed by atoms with van der Waals surface area (Å²) < 4.78 is 5.91. The maximum atomic E-state index is 13.4. The minimum atomic E-state index is -0.865. The molecule has 0 bridgehead atoms. The van der Waals surface area contributed by atoms with Gasteiger partial charge in [0, 0.05) is 18.9 Å². The first-order valence-corrected chi connectivity index (χ1v) is 14.9. The molecule has 1 fully saturated rings. The molecule has 1 aliphatic heterocycles. The lowest BCUT2D eigenvalue weighted by molar-refractivity contribution is -0.141. The Hall–Kier alpha value is -2.44. The summed E-state index contributed by atoms with van der Waals surface area (Å²) >= 11 is 2.04. The predicted octanol–water partition coefficient (Wildman–Crippen LogP) is 4.51. The number of likely N-dealkylation sites (tertiary alicyclic amines) is 1. The molecule has 2 aliphatic rings. The van der Waals surface area contributed by atoms with Crippen LogP contribution in [0.2, 0.25) is 0 Å². The molecule has 9 nitrogen and oxygen atoms in total. The molecule has 1 saturated heterocycles. The number of amides is 2. The second kappa shape index (κ2) is 14.5. The SMILES string of the molecule is CCC1=C([C@H](O)CC/C(C)=C/c2cc(I)c(O)c(OC)c2)[C@H](CO)[C@@H]2C(=O)N(CCCCCC(=O)O)C(=O)[C@@H]2C1. The van der Waals surface area contributed by atoms with Crippen molar-refractivity contribution in [1.82, 2.24) is 4.90 Å². The van der Waals surface area contributed by atoms with Crippen LogP contribution in [0, 0.1) is 21.3 Å². The first-order valence-electron chi connectivity index (χ1n) is 13.8. The van der Waals surface area contributed by atoms with E-state index in [1.807, 2.05) is 48.6 Å². The number of carbonyl (C=O) groups excluding carboxylic acids is 2. The monoisotopic (exact) mass is 669 g/mol. The van der Waals surface area contributed by atoms with Gasteiger partial charge in [0.05, 0.1) is 35.2 Å². The predicted molar refractivity (Wildman–Crippen MR) is 159 cm³/mol. The number of carboxylic acid groups (broad SMARTS) is 1. The number of phenols is 1. The number of phenolic OH excluding ortho intramolecular Hbond substituents is 1. The van der Waals surface area contributed by atoms with Crippen LogP contribution in [0.15, 0.2) is 28.9 Å². The number of aliphatic carboxylic acids is 1. The van der Waals surface area contributed by atoms with Crippen molar-refractivity contribution < 1.29 is 39.5 Å². The number of carboxylic acids is 1. The molecule has 0 saturated carbocycles. The molecule has 10 heteroatoms. The minimum Gasteiger partial charge on any atom is -0.504 e. The molecular weight excluding hydrogens is 629 g/mol. The molecule has 3 rings (SSSR count). The highest BCUT2D eigenvalue weighted by molar-refractivity contribution is 14.1. The maximum absolute atomic E-state index is 13.4. The number of aromatic hydroxyl groups is 1. The third-order valence-corrected chi connectivity index (χ3v) is 8.85. The van der Waals surface area contributed by atoms with Crippen LogP contribution in [-0.4, -0.2) is 69.5 Å². The third-order valence-electron chi connectivity index (χ3n) is 8.03. The Morgan fingerprint density at radius 1 is 1.20 bits per heavy atom. The Labute approximate surface area is 249 Å². The van der Waals surface area contributed by atoms with E-state index < -0.39 is 29.8 Å². The van der Waals surface area contributed by atoms with Gasteiger partial charge in [-0.15, -0.1) is 0 Å². The fraction of sp³-hybridized carbons (Fsp3) is 0.567. The number of halogens is 1. The van der Waals surface area contributed by atoms with Crippen molar-refractivity contribution >= 4 is 46.5 Å². The largest absolute Gasteiger partial charge is 0.504 e. The van der Waals surface area contributed by atoms with Gasteiger partial charge in [-0.25, -0.2) is 0 Å². The van der Waals surface area contributed by atoms with Crippen LogP contribution >= 0.6 is 22.6 Å². The highest BCUT2D eigenvalue weighted by Gasteiger charge is 2.54. The quantitative estimate of drug-likeness (QED) is 0.0981. The normalized spacial score (nSPS) is 22.1. The molecule has 0 radical (unpaired) electrons. The van der Waals surface area contributed by atoms with Crippen LogP contribution < -0.4 is 4.74 Å². The number of methoxy groups -OCH3 is 1. The fourth-order valence-corrected chi connectivity index (χ4v) is 6.64. The second-order valence-corrected chi connectivity index (χ2v) is 11.8. The van der Waals surface area contributed by atoms with E-state index in [0.29, 0.717) is 59.8 Å². The zero-order valence-corrected chi connectivity index (χ0v) is 25.5. The van der Waals surface area contributed by atoms with Gasteiger partial charge in [0.25, 0.3) is 0 Å². The highest BCUT2D eigenvalue weighted by atomic mass is 127. The van der Waals surface area contributed by atoms with E-state index >= 15 is 0 Å². The molecule has 40 heavy (non-hydrogen) atoms. The van der Waals surface area contributed by atoms with E-state index in [9.17, 15) is 29.7 Å². The van der Waals surface area contributed by atoms with Crippen molar-refractivity contribution in [3.05, 3.63) is 38.0 Å². The maximum Gasteiger partial charge on any atom is 0.303 e. The first-order chi connectivity index (χ1) is 19.0. The van der Waals surface area contributed by atoms with Crippen LogP contribution in [0.4, 0.5) is 0 Å². The molecule has 1 heterocycles. The Bertz CT molecular complexity index is 1180. The Balaban J connectivity index is 1.72. The van der Waals surface area contributed by atoms with E-state index in [1.165, 1.54) is 12.0 Å². The van der Waals surface area contributed by atoms with Gasteiger partial charge in [-0.1, -0.05) is 30.6 Å². The number of nitrogens with zero attached hydrogens (tertiary/aromatic N) is 1. The number of rotatable bonds is 14. The molecule has 2 amide bonds. The Kier molecular flexibility index (Phi) is 11.6. The molecular formula is C30H40INO8. The molecule has 0 aromatic heterocycles. The number of allylic oxidation sites excluding steroid dienone is 2. The van der Waals surface area contributed by atoms with Crippen molar-refractivity contribution in [1.29, 1.82) is 0 Å². The molecule has 220 valence electrons. The topological polar surface area (TPSA) is 145 Å².